The number of fused-ring (bicyclic) bond motifs is 1. The molecule has 0 bridgehead atoms. The highest BCUT2D eigenvalue weighted by Crippen LogP contribution is 2.38. The summed E-state index contributed by atoms with van der Waals surface area (Å²) in [4.78, 5) is 10.2. The Morgan fingerprint density at radius 1 is 1.09 bits per heavy atom. The van der Waals surface area contributed by atoms with Crippen LogP contribution in [0.2, 0.25) is 0 Å². The van der Waals surface area contributed by atoms with Gasteiger partial charge in [-0.3, -0.25) is 10.1 Å². The summed E-state index contributed by atoms with van der Waals surface area (Å²) in [6, 6.07) is 11.7. The van der Waals surface area contributed by atoms with Crippen LogP contribution in [0.25, 0.3) is 10.1 Å². The minimum atomic E-state index is -4.62. The van der Waals surface area contributed by atoms with Crippen LogP contribution in [-0.4, -0.2) is 4.92 Å². The van der Waals surface area contributed by atoms with Gasteiger partial charge in [0.15, 0.2) is 0 Å². The number of rotatable bonds is 3. The number of hydrogen-bond acceptors (Lipinski definition) is 4. The molecule has 23 heavy (non-hydrogen) atoms. The van der Waals surface area contributed by atoms with Crippen LogP contribution >= 0.6 is 11.3 Å². The molecule has 3 aromatic rings. The minimum Gasteiger partial charge on any atom is -0.342 e. The second kappa shape index (κ2) is 5.54. The normalized spacial score (nSPS) is 11.6. The van der Waals surface area contributed by atoms with E-state index in [0.29, 0.717) is 11.1 Å². The van der Waals surface area contributed by atoms with E-state index < -0.39 is 22.4 Å². The minimum absolute atomic E-state index is 0.0227. The summed E-state index contributed by atoms with van der Waals surface area (Å²) in [7, 11) is 0. The van der Waals surface area contributed by atoms with E-state index in [9.17, 15) is 23.3 Å². The van der Waals surface area contributed by atoms with Crippen molar-refractivity contribution >= 4 is 37.8 Å². The largest absolute Gasteiger partial charge is 0.416 e. The molecule has 118 valence electrons. The molecule has 0 aliphatic rings. The Bertz CT molecular complexity index is 857. The maximum atomic E-state index is 12.7. The van der Waals surface area contributed by atoms with E-state index in [2.05, 4.69) is 5.32 Å². The van der Waals surface area contributed by atoms with Crippen molar-refractivity contribution in [2.45, 2.75) is 6.18 Å². The van der Waals surface area contributed by atoms with Gasteiger partial charge in [-0.15, -0.1) is 11.3 Å². The van der Waals surface area contributed by atoms with E-state index in [0.717, 1.165) is 22.2 Å². The molecule has 0 amide bonds. The standard InChI is InChI=1S/C15H9F3N2O2S/c16-15(17,18)10-5-6-11(12(8-10)20(21)22)19-14-7-9-3-1-2-4-13(9)23-14/h1-8,19H. The molecule has 0 fully saturated rings. The van der Waals surface area contributed by atoms with E-state index in [1.54, 1.807) is 6.07 Å². The summed E-state index contributed by atoms with van der Waals surface area (Å²) in [5.41, 5.74) is -1.64. The molecule has 1 N–H and O–H groups in total. The van der Waals surface area contributed by atoms with Gasteiger partial charge in [-0.1, -0.05) is 18.2 Å². The van der Waals surface area contributed by atoms with Gasteiger partial charge in [0.1, 0.15) is 5.69 Å². The topological polar surface area (TPSA) is 55.2 Å². The predicted molar refractivity (Wildman–Crippen MR) is 83.2 cm³/mol. The molecule has 1 heterocycles. The van der Waals surface area contributed by atoms with Gasteiger partial charge in [-0.25, -0.2) is 0 Å². The number of benzene rings is 2. The molecule has 0 unspecified atom stereocenters. The zero-order chi connectivity index (χ0) is 16.6. The number of alkyl halides is 3. The maximum Gasteiger partial charge on any atom is 0.416 e. The first-order chi connectivity index (χ1) is 10.8. The lowest BCUT2D eigenvalue weighted by molar-refractivity contribution is -0.384. The molecule has 0 saturated carbocycles. The summed E-state index contributed by atoms with van der Waals surface area (Å²) >= 11 is 1.37. The number of hydrogen-bond donors (Lipinski definition) is 1. The summed E-state index contributed by atoms with van der Waals surface area (Å²) in [5.74, 6) is 0. The average molecular weight is 338 g/mol. The second-order valence-corrected chi connectivity index (χ2v) is 5.84. The number of halogens is 3. The van der Waals surface area contributed by atoms with Gasteiger partial charge in [0, 0.05) is 10.8 Å². The fraction of sp³-hybridized carbons (Fsp3) is 0.0667. The number of nitro groups is 1. The highest BCUT2D eigenvalue weighted by atomic mass is 32.1. The lowest BCUT2D eigenvalue weighted by Gasteiger charge is -2.09. The Labute approximate surface area is 132 Å². The van der Waals surface area contributed by atoms with Gasteiger partial charge in [-0.2, -0.15) is 13.2 Å². The van der Waals surface area contributed by atoms with Crippen molar-refractivity contribution in [2.75, 3.05) is 5.32 Å². The Kier molecular flexibility index (Phi) is 3.69. The Morgan fingerprint density at radius 3 is 2.48 bits per heavy atom. The van der Waals surface area contributed by atoms with Crippen molar-refractivity contribution in [1.82, 2.24) is 0 Å². The van der Waals surface area contributed by atoms with Crippen LogP contribution in [0.4, 0.5) is 29.5 Å². The molecule has 0 aliphatic carbocycles. The highest BCUT2D eigenvalue weighted by molar-refractivity contribution is 7.22. The zero-order valence-electron chi connectivity index (χ0n) is 11.4. The molecule has 0 saturated heterocycles. The van der Waals surface area contributed by atoms with Gasteiger partial charge in [0.05, 0.1) is 15.5 Å². The first kappa shape index (κ1) is 15.3. The van der Waals surface area contributed by atoms with Crippen LogP contribution in [0.3, 0.4) is 0 Å². The van der Waals surface area contributed by atoms with Crippen molar-refractivity contribution in [3.8, 4) is 0 Å². The molecule has 0 atom stereocenters. The molecule has 0 spiro atoms. The smallest absolute Gasteiger partial charge is 0.342 e. The molecule has 3 rings (SSSR count). The lowest BCUT2D eigenvalue weighted by Crippen LogP contribution is -2.06. The fourth-order valence-electron chi connectivity index (χ4n) is 2.14. The number of anilines is 2. The summed E-state index contributed by atoms with van der Waals surface area (Å²) < 4.78 is 39.0. The molecule has 8 heteroatoms. The molecule has 1 aromatic heterocycles. The van der Waals surface area contributed by atoms with E-state index in [1.807, 2.05) is 24.3 Å². The Hall–Kier alpha value is -2.61. The van der Waals surface area contributed by atoms with Crippen molar-refractivity contribution in [3.05, 3.63) is 64.2 Å². The fourth-order valence-corrected chi connectivity index (χ4v) is 3.12. The van der Waals surface area contributed by atoms with Crippen LogP contribution in [-0.2, 0) is 6.18 Å². The predicted octanol–water partition coefficient (Wildman–Crippen LogP) is 5.57. The van der Waals surface area contributed by atoms with E-state index >= 15 is 0 Å². The van der Waals surface area contributed by atoms with E-state index in [1.165, 1.54) is 11.3 Å². The first-order valence-corrected chi connectivity index (χ1v) is 7.27. The van der Waals surface area contributed by atoms with Crippen molar-refractivity contribution in [1.29, 1.82) is 0 Å². The number of nitro benzene ring substituents is 1. The van der Waals surface area contributed by atoms with Gasteiger partial charge in [0.2, 0.25) is 0 Å². The molecular weight excluding hydrogens is 329 g/mol. The van der Waals surface area contributed by atoms with Gasteiger partial charge in [0.25, 0.3) is 5.69 Å². The number of nitrogens with zero attached hydrogens (tertiary/aromatic N) is 1. The first-order valence-electron chi connectivity index (χ1n) is 6.46. The summed E-state index contributed by atoms with van der Waals surface area (Å²) in [6.07, 6.45) is -4.62. The van der Waals surface area contributed by atoms with Gasteiger partial charge < -0.3 is 5.32 Å². The summed E-state index contributed by atoms with van der Waals surface area (Å²) in [6.45, 7) is 0. The zero-order valence-corrected chi connectivity index (χ0v) is 12.2. The third-order valence-electron chi connectivity index (χ3n) is 3.21. The lowest BCUT2D eigenvalue weighted by atomic mass is 10.1. The maximum absolute atomic E-state index is 12.7. The summed E-state index contributed by atoms with van der Waals surface area (Å²) in [5, 5.41) is 15.5. The SMILES string of the molecule is O=[N+]([O-])c1cc(C(F)(F)F)ccc1Nc1cc2ccccc2s1. The van der Waals surface area contributed by atoms with Crippen LogP contribution in [0.15, 0.2) is 48.5 Å². The van der Waals surface area contributed by atoms with Crippen LogP contribution in [0.1, 0.15) is 5.56 Å². The third kappa shape index (κ3) is 3.11. The molecule has 0 aliphatic heterocycles. The van der Waals surface area contributed by atoms with E-state index in [4.69, 9.17) is 0 Å². The Morgan fingerprint density at radius 2 is 1.83 bits per heavy atom. The second-order valence-electron chi connectivity index (χ2n) is 4.76. The molecular formula is C15H9F3N2O2S. The Balaban J connectivity index is 2.00. The van der Waals surface area contributed by atoms with Crippen molar-refractivity contribution in [2.24, 2.45) is 0 Å². The van der Waals surface area contributed by atoms with Crippen LogP contribution in [0, 0.1) is 10.1 Å². The van der Waals surface area contributed by atoms with Crippen molar-refractivity contribution < 1.29 is 18.1 Å². The van der Waals surface area contributed by atoms with Gasteiger partial charge >= 0.3 is 6.18 Å². The molecule has 0 radical (unpaired) electrons. The monoisotopic (exact) mass is 338 g/mol. The van der Waals surface area contributed by atoms with Crippen molar-refractivity contribution in [3.63, 3.8) is 0 Å². The van der Waals surface area contributed by atoms with E-state index in [-0.39, 0.29) is 5.69 Å². The molecule has 2 aromatic carbocycles. The molecule has 4 nitrogen and oxygen atoms in total. The third-order valence-corrected chi connectivity index (χ3v) is 4.24. The highest BCUT2D eigenvalue weighted by Gasteiger charge is 2.33. The van der Waals surface area contributed by atoms with Gasteiger partial charge in [-0.05, 0) is 29.7 Å². The van der Waals surface area contributed by atoms with Crippen LogP contribution in [0.5, 0.6) is 0 Å². The quantitative estimate of drug-likeness (QED) is 0.501. The van der Waals surface area contributed by atoms with Crippen LogP contribution < -0.4 is 5.32 Å². The number of nitrogens with one attached hydrogen (secondary N) is 1. The number of thiophene rings is 1. The average Bonchev–Trinajstić information content (AvgIpc) is 2.88.